The van der Waals surface area contributed by atoms with Crippen molar-refractivity contribution >= 4 is 21.5 Å². The van der Waals surface area contributed by atoms with Crippen LogP contribution in [0.3, 0.4) is 0 Å². The van der Waals surface area contributed by atoms with Gasteiger partial charge < -0.3 is 0 Å². The van der Waals surface area contributed by atoms with Gasteiger partial charge in [-0.25, -0.2) is 0 Å². The predicted octanol–water partition coefficient (Wildman–Crippen LogP) is 4.08. The summed E-state index contributed by atoms with van der Waals surface area (Å²) < 4.78 is 0. The molecular weight excluding hydrogens is 376 g/mol. The molecular formula is C26H28O4. The Bertz CT molecular complexity index is 1230. The quantitative estimate of drug-likeness (QED) is 0.530. The fourth-order valence-corrected chi connectivity index (χ4v) is 3.73. The molecule has 0 spiro atoms. The van der Waals surface area contributed by atoms with Gasteiger partial charge in [0.1, 0.15) is 0 Å². The third-order valence-corrected chi connectivity index (χ3v) is 5.94. The van der Waals surface area contributed by atoms with Crippen LogP contribution in [0.5, 0.6) is 0 Å². The minimum atomic E-state index is -0.651. The van der Waals surface area contributed by atoms with E-state index in [1.807, 2.05) is 41.5 Å². The molecule has 0 atom stereocenters. The molecule has 4 nitrogen and oxygen atoms in total. The van der Waals surface area contributed by atoms with Crippen LogP contribution in [0.1, 0.15) is 63.8 Å². The van der Waals surface area contributed by atoms with Crippen molar-refractivity contribution in [2.75, 3.05) is 0 Å². The number of benzene rings is 2. The summed E-state index contributed by atoms with van der Waals surface area (Å²) >= 11 is 0. The molecule has 0 aliphatic rings. The van der Waals surface area contributed by atoms with Crippen LogP contribution in [-0.4, -0.2) is 0 Å². The van der Waals surface area contributed by atoms with E-state index in [1.54, 1.807) is 38.1 Å². The van der Waals surface area contributed by atoms with Crippen LogP contribution in [0, 0.1) is 13.8 Å². The van der Waals surface area contributed by atoms with Gasteiger partial charge >= 0.3 is 0 Å². The summed E-state index contributed by atoms with van der Waals surface area (Å²) in [4.78, 5) is 53.2. The fourth-order valence-electron chi connectivity index (χ4n) is 3.73. The van der Waals surface area contributed by atoms with Crippen molar-refractivity contribution in [1.29, 1.82) is 0 Å². The first-order valence-corrected chi connectivity index (χ1v) is 10.1. The van der Waals surface area contributed by atoms with Crippen molar-refractivity contribution < 1.29 is 0 Å². The van der Waals surface area contributed by atoms with Gasteiger partial charge in [0.25, 0.3) is 0 Å². The molecule has 0 radical (unpaired) electrons. The Morgan fingerprint density at radius 1 is 0.467 bits per heavy atom. The average molecular weight is 405 g/mol. The maximum atomic E-state index is 13.3. The van der Waals surface area contributed by atoms with Gasteiger partial charge in [-0.15, -0.1) is 0 Å². The van der Waals surface area contributed by atoms with Crippen molar-refractivity contribution in [3.8, 4) is 0 Å². The largest absolute Gasteiger partial charge is 0.285 e. The van der Waals surface area contributed by atoms with Gasteiger partial charge in [0.15, 0.2) is 0 Å². The molecule has 0 saturated heterocycles. The Labute approximate surface area is 175 Å². The molecule has 4 bridgehead atoms. The van der Waals surface area contributed by atoms with Crippen molar-refractivity contribution in [2.45, 2.75) is 66.2 Å². The molecule has 3 aromatic rings. The number of fused-ring (bicyclic) bond motifs is 4. The summed E-state index contributed by atoms with van der Waals surface area (Å²) in [6.07, 6.45) is 0. The van der Waals surface area contributed by atoms with Crippen molar-refractivity contribution in [1.82, 2.24) is 0 Å². The third-order valence-electron chi connectivity index (χ3n) is 5.94. The van der Waals surface area contributed by atoms with Gasteiger partial charge in [0, 0.05) is 21.5 Å². The minimum Gasteiger partial charge on any atom is -0.285 e. The molecule has 0 fully saturated rings. The second-order valence-corrected chi connectivity index (χ2v) is 10.2. The Hall–Kier alpha value is -2.88. The second kappa shape index (κ2) is 6.83. The zero-order chi connectivity index (χ0) is 22.8. The molecule has 30 heavy (non-hydrogen) atoms. The van der Waals surface area contributed by atoms with Gasteiger partial charge in [-0.2, -0.15) is 0 Å². The molecule has 0 aliphatic carbocycles. The summed E-state index contributed by atoms with van der Waals surface area (Å²) in [7, 11) is 0. The summed E-state index contributed by atoms with van der Waals surface area (Å²) in [5.41, 5.74) is -1.12. The van der Waals surface area contributed by atoms with E-state index >= 15 is 0 Å². The van der Waals surface area contributed by atoms with Crippen LogP contribution in [0.15, 0.2) is 43.4 Å². The maximum Gasteiger partial charge on any atom is 0.233 e. The lowest BCUT2D eigenvalue weighted by molar-refractivity contribution is 0.591. The van der Waals surface area contributed by atoms with E-state index in [4.69, 9.17) is 0 Å². The van der Waals surface area contributed by atoms with Crippen LogP contribution in [0.4, 0.5) is 0 Å². The van der Waals surface area contributed by atoms with Crippen LogP contribution in [-0.2, 0) is 10.8 Å². The molecule has 0 saturated carbocycles. The lowest BCUT2D eigenvalue weighted by Crippen LogP contribution is -2.29. The Kier molecular flexibility index (Phi) is 4.97. The van der Waals surface area contributed by atoms with Gasteiger partial charge in [-0.05, 0) is 71.2 Å². The van der Waals surface area contributed by atoms with E-state index in [9.17, 15) is 19.2 Å². The molecule has 4 heteroatoms. The van der Waals surface area contributed by atoms with Crippen LogP contribution in [0.25, 0.3) is 21.5 Å². The first-order chi connectivity index (χ1) is 13.6. The topological polar surface area (TPSA) is 68.3 Å². The molecule has 0 aliphatic heterocycles. The van der Waals surface area contributed by atoms with E-state index in [0.29, 0.717) is 11.1 Å². The number of hydrogen-bond donors (Lipinski definition) is 0. The van der Waals surface area contributed by atoms with E-state index in [2.05, 4.69) is 0 Å². The minimum absolute atomic E-state index is 0.188. The average Bonchev–Trinajstić information content (AvgIpc) is 2.63. The van der Waals surface area contributed by atoms with Crippen molar-refractivity contribution in [3.05, 3.63) is 87.4 Å². The number of rotatable bonds is 0. The highest BCUT2D eigenvalue weighted by Gasteiger charge is 2.21. The summed E-state index contributed by atoms with van der Waals surface area (Å²) in [5.74, 6) is 0. The number of aryl methyl sites for hydroxylation is 2. The third kappa shape index (κ3) is 3.45. The monoisotopic (exact) mass is 404 g/mol. The van der Waals surface area contributed by atoms with Gasteiger partial charge in [0.2, 0.25) is 21.7 Å². The molecule has 3 rings (SSSR count). The SMILES string of the molecule is Cc1c2cc(C(C)(C)C)cc1c(=O)c(=O)c1cc(C(C)(C)C)cc(c1C)c(=O)c2=O. The van der Waals surface area contributed by atoms with Crippen molar-refractivity contribution in [3.63, 3.8) is 0 Å². The first-order valence-electron chi connectivity index (χ1n) is 10.1. The molecule has 0 aromatic heterocycles. The zero-order valence-electron chi connectivity index (χ0n) is 18.9. The zero-order valence-corrected chi connectivity index (χ0v) is 18.9. The Balaban J connectivity index is 2.85. The smallest absolute Gasteiger partial charge is 0.233 e. The van der Waals surface area contributed by atoms with E-state index in [-0.39, 0.29) is 32.4 Å². The normalized spacial score (nSPS) is 12.5. The second-order valence-electron chi connectivity index (χ2n) is 10.2. The summed E-state index contributed by atoms with van der Waals surface area (Å²) in [5, 5.41) is 0.750. The van der Waals surface area contributed by atoms with Crippen LogP contribution < -0.4 is 21.7 Å². The first kappa shape index (κ1) is 21.8. The lowest BCUT2D eigenvalue weighted by Gasteiger charge is -2.20. The van der Waals surface area contributed by atoms with Crippen molar-refractivity contribution in [2.24, 2.45) is 0 Å². The molecule has 0 unspecified atom stereocenters. The maximum absolute atomic E-state index is 13.3. The Morgan fingerprint density at radius 3 is 0.833 bits per heavy atom. The highest BCUT2D eigenvalue weighted by molar-refractivity contribution is 5.82. The van der Waals surface area contributed by atoms with Gasteiger partial charge in [-0.1, -0.05) is 41.5 Å². The highest BCUT2D eigenvalue weighted by atomic mass is 16.2. The Morgan fingerprint density at radius 2 is 0.667 bits per heavy atom. The molecule has 3 aromatic carbocycles. The van der Waals surface area contributed by atoms with E-state index < -0.39 is 21.7 Å². The van der Waals surface area contributed by atoms with Gasteiger partial charge in [0.05, 0.1) is 0 Å². The molecule has 156 valence electrons. The van der Waals surface area contributed by atoms with Crippen LogP contribution in [0.2, 0.25) is 0 Å². The summed E-state index contributed by atoms with van der Waals surface area (Å²) in [6, 6.07) is 6.73. The van der Waals surface area contributed by atoms with E-state index in [1.165, 1.54) is 0 Å². The lowest BCUT2D eigenvalue weighted by atomic mass is 9.83. The standard InChI is InChI=1S/C26H28O4/c1-13-17-9-15(25(3,4)5)10-18(13)22(28)24(30)20-12-16(26(6,7)8)11-19(14(20)2)23(29)21(17)27/h9-12H,1-8H3. The predicted molar refractivity (Wildman–Crippen MR) is 125 cm³/mol. The fraction of sp³-hybridized carbons (Fsp3) is 0.385. The highest BCUT2D eigenvalue weighted by Crippen LogP contribution is 2.27. The number of hydrogen-bond acceptors (Lipinski definition) is 4. The van der Waals surface area contributed by atoms with E-state index in [0.717, 1.165) is 11.1 Å². The summed E-state index contributed by atoms with van der Waals surface area (Å²) in [6.45, 7) is 15.0. The van der Waals surface area contributed by atoms with Gasteiger partial charge in [-0.3, -0.25) is 19.2 Å². The molecule has 0 amide bonds. The molecule has 0 N–H and O–H groups in total. The van der Waals surface area contributed by atoms with Crippen LogP contribution >= 0.6 is 0 Å². The molecule has 0 heterocycles.